The molecule has 0 unspecified atom stereocenters. The maximum absolute atomic E-state index is 11.6. The van der Waals surface area contributed by atoms with Crippen LogP contribution in [-0.2, 0) is 15.6 Å². The maximum atomic E-state index is 11.6. The van der Waals surface area contributed by atoms with Crippen molar-refractivity contribution in [1.29, 1.82) is 0 Å². The summed E-state index contributed by atoms with van der Waals surface area (Å²) in [5.41, 5.74) is 7.51. The molecule has 0 spiro atoms. The molecule has 0 bridgehead atoms. The van der Waals surface area contributed by atoms with Gasteiger partial charge in [0, 0.05) is 6.42 Å². The van der Waals surface area contributed by atoms with Crippen LogP contribution in [0.3, 0.4) is 0 Å². The van der Waals surface area contributed by atoms with Crippen molar-refractivity contribution in [3.05, 3.63) is 30.1 Å². The molecule has 0 aliphatic rings. The zero-order valence-corrected chi connectivity index (χ0v) is 16.8. The number of hydrogen-bond donors (Lipinski definition) is 2. The number of primary amides is 1. The van der Waals surface area contributed by atoms with Crippen molar-refractivity contribution in [3.8, 4) is 0 Å². The summed E-state index contributed by atoms with van der Waals surface area (Å²) in [5, 5.41) is 0. The lowest BCUT2D eigenvalue weighted by Crippen LogP contribution is -2.43. The number of nitrogens with zero attached hydrogens (tertiary/aromatic N) is 1. The van der Waals surface area contributed by atoms with E-state index in [0.29, 0.717) is 0 Å². The fourth-order valence-electron chi connectivity index (χ4n) is 3.42. The van der Waals surface area contributed by atoms with Crippen LogP contribution in [0.2, 0.25) is 18.1 Å². The second-order valence-corrected chi connectivity index (χ2v) is 11.7. The van der Waals surface area contributed by atoms with Gasteiger partial charge in [-0.3, -0.25) is 4.79 Å². The van der Waals surface area contributed by atoms with E-state index in [0.717, 1.165) is 41.4 Å². The normalized spacial score (nSPS) is 14.6. The van der Waals surface area contributed by atoms with Gasteiger partial charge in [0.25, 0.3) is 0 Å². The second kappa shape index (κ2) is 8.63. The van der Waals surface area contributed by atoms with E-state index in [9.17, 15) is 4.79 Å². The Balaban J connectivity index is 2.16. The molecule has 6 heteroatoms. The number of aromatic amines is 1. The fraction of sp³-hybridized carbons (Fsp3) is 0.579. The molecule has 1 amide bonds. The number of hydrogen-bond acceptors (Lipinski definition) is 3. The highest BCUT2D eigenvalue weighted by atomic mass is 28.4. The summed E-state index contributed by atoms with van der Waals surface area (Å²) >= 11 is 0. The molecule has 2 aromatic rings. The molecule has 3 N–H and O–H groups in total. The quantitative estimate of drug-likeness (QED) is 0.627. The lowest BCUT2D eigenvalue weighted by atomic mass is 9.98. The van der Waals surface area contributed by atoms with E-state index in [1.165, 1.54) is 0 Å². The number of nitrogens with two attached hydrogens (primary N) is 1. The smallest absolute Gasteiger partial charge is 0.219 e. The average molecular weight is 362 g/mol. The van der Waals surface area contributed by atoms with Gasteiger partial charge in [0.05, 0.1) is 23.6 Å². The Labute approximate surface area is 151 Å². The van der Waals surface area contributed by atoms with E-state index in [-0.39, 0.29) is 24.3 Å². The molecule has 0 fully saturated rings. The van der Waals surface area contributed by atoms with Gasteiger partial charge in [0.2, 0.25) is 5.91 Å². The standard InChI is InChI=1S/C19H31N3O2Si/c1-5-25(6-2,7-3)24-17(13-18(20)23)14(4)12-19-21-15-10-8-9-11-16(15)22-19/h8-11,14,17H,5-7,12-13H2,1-4H3,(H2,20,23)(H,21,22)/t14-,17+/m1/s1. The molecule has 5 nitrogen and oxygen atoms in total. The Hall–Kier alpha value is -1.66. The number of aromatic nitrogens is 2. The maximum Gasteiger partial charge on any atom is 0.219 e. The summed E-state index contributed by atoms with van der Waals surface area (Å²) in [7, 11) is -1.80. The predicted octanol–water partition coefficient (Wildman–Crippen LogP) is 4.01. The molecule has 1 aromatic heterocycles. The molecule has 2 atom stereocenters. The highest BCUT2D eigenvalue weighted by molar-refractivity contribution is 6.73. The van der Waals surface area contributed by atoms with Crippen molar-refractivity contribution >= 4 is 25.3 Å². The largest absolute Gasteiger partial charge is 0.413 e. The molecule has 1 aromatic carbocycles. The molecule has 0 saturated carbocycles. The van der Waals surface area contributed by atoms with E-state index in [1.54, 1.807) is 0 Å². The first-order valence-electron chi connectivity index (χ1n) is 9.32. The van der Waals surface area contributed by atoms with Crippen LogP contribution in [0.5, 0.6) is 0 Å². The van der Waals surface area contributed by atoms with Crippen molar-refractivity contribution in [2.24, 2.45) is 11.7 Å². The topological polar surface area (TPSA) is 81.0 Å². The van der Waals surface area contributed by atoms with Gasteiger partial charge in [0.1, 0.15) is 5.82 Å². The molecule has 1 heterocycles. The first kappa shape index (κ1) is 19.7. The van der Waals surface area contributed by atoms with Crippen molar-refractivity contribution in [2.45, 2.75) is 64.8 Å². The first-order valence-corrected chi connectivity index (χ1v) is 11.9. The lowest BCUT2D eigenvalue weighted by molar-refractivity contribution is -0.120. The Kier molecular flexibility index (Phi) is 6.78. The number of carbonyl (C=O) groups is 1. The molecule has 0 saturated heterocycles. The molecule has 0 aliphatic heterocycles. The van der Waals surface area contributed by atoms with E-state index in [2.05, 4.69) is 37.7 Å². The van der Waals surface area contributed by atoms with Crippen LogP contribution in [-0.4, -0.2) is 30.3 Å². The van der Waals surface area contributed by atoms with Crippen molar-refractivity contribution < 1.29 is 9.22 Å². The van der Waals surface area contributed by atoms with E-state index < -0.39 is 8.32 Å². The Morgan fingerprint density at radius 2 is 1.88 bits per heavy atom. The number of carbonyl (C=O) groups excluding carboxylic acids is 1. The van der Waals surface area contributed by atoms with Crippen molar-refractivity contribution in [3.63, 3.8) is 0 Å². The molecule has 0 aliphatic carbocycles. The number of fused-ring (bicyclic) bond motifs is 1. The van der Waals surface area contributed by atoms with E-state index in [4.69, 9.17) is 10.2 Å². The number of nitrogens with one attached hydrogen (secondary N) is 1. The number of H-pyrrole nitrogens is 1. The Bertz CT molecular complexity index is 656. The number of benzene rings is 1. The van der Waals surface area contributed by atoms with E-state index >= 15 is 0 Å². The minimum absolute atomic E-state index is 0.141. The highest BCUT2D eigenvalue weighted by Crippen LogP contribution is 2.28. The van der Waals surface area contributed by atoms with Gasteiger partial charge in [-0.1, -0.05) is 39.8 Å². The summed E-state index contributed by atoms with van der Waals surface area (Å²) in [4.78, 5) is 19.6. The number of para-hydroxylation sites is 2. The van der Waals surface area contributed by atoms with Crippen LogP contribution in [0.1, 0.15) is 39.9 Å². The summed E-state index contributed by atoms with van der Waals surface area (Å²) in [6, 6.07) is 11.2. The van der Waals surface area contributed by atoms with Gasteiger partial charge in [-0.15, -0.1) is 0 Å². The second-order valence-electron chi connectivity index (χ2n) is 6.95. The summed E-state index contributed by atoms with van der Waals surface area (Å²) in [6.45, 7) is 8.72. The third-order valence-corrected chi connectivity index (χ3v) is 9.99. The van der Waals surface area contributed by atoms with Crippen LogP contribution in [0, 0.1) is 5.92 Å². The predicted molar refractivity (Wildman–Crippen MR) is 105 cm³/mol. The van der Waals surface area contributed by atoms with Gasteiger partial charge in [-0.05, 0) is 36.2 Å². The fourth-order valence-corrected chi connectivity index (χ4v) is 6.38. The Morgan fingerprint density at radius 3 is 2.44 bits per heavy atom. The van der Waals surface area contributed by atoms with Gasteiger partial charge < -0.3 is 15.1 Å². The van der Waals surface area contributed by atoms with Crippen LogP contribution < -0.4 is 5.73 Å². The number of amides is 1. The lowest BCUT2D eigenvalue weighted by Gasteiger charge is -2.35. The average Bonchev–Trinajstić information content (AvgIpc) is 3.00. The highest BCUT2D eigenvalue weighted by Gasteiger charge is 2.34. The molecule has 25 heavy (non-hydrogen) atoms. The van der Waals surface area contributed by atoms with Gasteiger partial charge in [-0.2, -0.15) is 0 Å². The summed E-state index contributed by atoms with van der Waals surface area (Å²) in [6.07, 6.45) is 0.877. The van der Waals surface area contributed by atoms with Gasteiger partial charge >= 0.3 is 0 Å². The summed E-state index contributed by atoms with van der Waals surface area (Å²) < 4.78 is 6.60. The molecule has 2 rings (SSSR count). The third kappa shape index (κ3) is 4.92. The van der Waals surface area contributed by atoms with Crippen LogP contribution in [0.15, 0.2) is 24.3 Å². The molecule has 0 radical (unpaired) electrons. The number of rotatable bonds is 10. The zero-order chi connectivity index (χ0) is 18.4. The van der Waals surface area contributed by atoms with E-state index in [1.807, 2.05) is 24.3 Å². The van der Waals surface area contributed by atoms with Crippen LogP contribution in [0.25, 0.3) is 11.0 Å². The van der Waals surface area contributed by atoms with Crippen LogP contribution >= 0.6 is 0 Å². The van der Waals surface area contributed by atoms with Crippen molar-refractivity contribution in [2.75, 3.05) is 0 Å². The first-order chi connectivity index (χ1) is 11.9. The number of imidazole rings is 1. The third-order valence-electron chi connectivity index (χ3n) is 5.33. The molecular weight excluding hydrogens is 330 g/mol. The molecular formula is C19H31N3O2Si. The SMILES string of the molecule is CC[Si](CC)(CC)O[C@@H](CC(N)=O)[C@H](C)Cc1nc2ccccc2[nH]1. The minimum Gasteiger partial charge on any atom is -0.413 e. The minimum atomic E-state index is -1.80. The van der Waals surface area contributed by atoms with Crippen LogP contribution in [0.4, 0.5) is 0 Å². The molecule has 138 valence electrons. The summed E-state index contributed by atoms with van der Waals surface area (Å²) in [5.74, 6) is 0.806. The monoisotopic (exact) mass is 361 g/mol. The van der Waals surface area contributed by atoms with Crippen molar-refractivity contribution in [1.82, 2.24) is 9.97 Å². The zero-order valence-electron chi connectivity index (χ0n) is 15.8. The van der Waals surface area contributed by atoms with Gasteiger partial charge in [-0.25, -0.2) is 4.98 Å². The van der Waals surface area contributed by atoms with Gasteiger partial charge in [0.15, 0.2) is 8.32 Å². The Morgan fingerprint density at radius 1 is 1.24 bits per heavy atom.